The van der Waals surface area contributed by atoms with Crippen molar-refractivity contribution in [2.45, 2.75) is 19.1 Å². The molecule has 3 rings (SSSR count). The van der Waals surface area contributed by atoms with Crippen LogP contribution in [0.5, 0.6) is 0 Å². The smallest absolute Gasteiger partial charge is 0.416 e. The number of rotatable bonds is 5. The van der Waals surface area contributed by atoms with Gasteiger partial charge in [0.2, 0.25) is 5.91 Å². The monoisotopic (exact) mass is 360 g/mol. The minimum atomic E-state index is -4.42. The van der Waals surface area contributed by atoms with Crippen LogP contribution in [0.4, 0.5) is 13.2 Å². The van der Waals surface area contributed by atoms with Gasteiger partial charge in [0.1, 0.15) is 0 Å². The van der Waals surface area contributed by atoms with Gasteiger partial charge in [0.05, 0.1) is 30.2 Å². The van der Waals surface area contributed by atoms with Gasteiger partial charge in [-0.1, -0.05) is 24.3 Å². The van der Waals surface area contributed by atoms with E-state index in [0.29, 0.717) is 5.56 Å². The lowest BCUT2D eigenvalue weighted by Gasteiger charge is -2.09. The minimum absolute atomic E-state index is 0.121. The molecule has 3 aromatic rings. The lowest BCUT2D eigenvalue weighted by Crippen LogP contribution is -2.24. The fourth-order valence-corrected chi connectivity index (χ4v) is 2.42. The summed E-state index contributed by atoms with van der Waals surface area (Å²) in [6.45, 7) is 0.246. The van der Waals surface area contributed by atoms with Gasteiger partial charge in [0, 0.05) is 18.3 Å². The fourth-order valence-electron chi connectivity index (χ4n) is 2.42. The quantitative estimate of drug-likeness (QED) is 0.741. The molecule has 0 atom stereocenters. The van der Waals surface area contributed by atoms with Gasteiger partial charge in [0.15, 0.2) is 0 Å². The highest BCUT2D eigenvalue weighted by Crippen LogP contribution is 2.29. The van der Waals surface area contributed by atoms with E-state index >= 15 is 0 Å². The largest absolute Gasteiger partial charge is 0.472 e. The van der Waals surface area contributed by atoms with Crippen LogP contribution >= 0.6 is 0 Å². The van der Waals surface area contributed by atoms with E-state index in [1.54, 1.807) is 30.9 Å². The first-order valence-electron chi connectivity index (χ1n) is 7.82. The molecule has 7 heteroatoms. The SMILES string of the molecule is O=C(Cc1cccc(C(F)(F)F)c1)NCc1ccc(-c2ccoc2)nc1. The molecule has 0 spiro atoms. The molecule has 2 heterocycles. The van der Waals surface area contributed by atoms with Crippen molar-refractivity contribution >= 4 is 5.91 Å². The predicted molar refractivity (Wildman–Crippen MR) is 88.9 cm³/mol. The number of carbonyl (C=O) groups excluding carboxylic acids is 1. The van der Waals surface area contributed by atoms with Gasteiger partial charge in [0.25, 0.3) is 0 Å². The van der Waals surface area contributed by atoms with Crippen molar-refractivity contribution in [3.05, 3.63) is 77.9 Å². The molecule has 0 aliphatic rings. The van der Waals surface area contributed by atoms with Crippen LogP contribution in [-0.4, -0.2) is 10.9 Å². The normalized spacial score (nSPS) is 11.3. The van der Waals surface area contributed by atoms with E-state index in [9.17, 15) is 18.0 Å². The molecule has 0 fully saturated rings. The Labute approximate surface area is 147 Å². The number of aromatic nitrogens is 1. The third-order valence-corrected chi connectivity index (χ3v) is 3.75. The van der Waals surface area contributed by atoms with Crippen LogP contribution in [0.15, 0.2) is 65.6 Å². The first-order chi connectivity index (χ1) is 12.4. The van der Waals surface area contributed by atoms with Gasteiger partial charge < -0.3 is 9.73 Å². The molecule has 1 N–H and O–H groups in total. The van der Waals surface area contributed by atoms with Crippen molar-refractivity contribution in [3.63, 3.8) is 0 Å². The van der Waals surface area contributed by atoms with E-state index in [2.05, 4.69) is 10.3 Å². The first kappa shape index (κ1) is 17.7. The number of hydrogen-bond donors (Lipinski definition) is 1. The molecule has 0 aliphatic heterocycles. The molecule has 1 aromatic carbocycles. The highest BCUT2D eigenvalue weighted by molar-refractivity contribution is 5.78. The summed E-state index contributed by atoms with van der Waals surface area (Å²) >= 11 is 0. The van der Waals surface area contributed by atoms with Crippen molar-refractivity contribution in [2.24, 2.45) is 0 Å². The zero-order valence-electron chi connectivity index (χ0n) is 13.6. The number of furan rings is 1. The second kappa shape index (κ2) is 7.43. The average Bonchev–Trinajstić information content (AvgIpc) is 3.14. The molecule has 0 saturated carbocycles. The summed E-state index contributed by atoms with van der Waals surface area (Å²) < 4.78 is 43.1. The molecule has 0 unspecified atom stereocenters. The summed E-state index contributed by atoms with van der Waals surface area (Å²) in [4.78, 5) is 16.3. The summed E-state index contributed by atoms with van der Waals surface area (Å²) in [7, 11) is 0. The zero-order valence-corrected chi connectivity index (χ0v) is 13.6. The molecule has 0 radical (unpaired) electrons. The van der Waals surface area contributed by atoms with Crippen molar-refractivity contribution in [3.8, 4) is 11.3 Å². The van der Waals surface area contributed by atoms with Gasteiger partial charge in [-0.25, -0.2) is 0 Å². The number of amides is 1. The van der Waals surface area contributed by atoms with Crippen LogP contribution in [0.2, 0.25) is 0 Å². The summed E-state index contributed by atoms with van der Waals surface area (Å²) in [5.74, 6) is -0.358. The highest BCUT2D eigenvalue weighted by Gasteiger charge is 2.30. The molecule has 0 saturated heterocycles. The molecular weight excluding hydrogens is 345 g/mol. The van der Waals surface area contributed by atoms with E-state index in [1.807, 2.05) is 6.07 Å². The Hall–Kier alpha value is -3.09. The number of benzene rings is 1. The van der Waals surface area contributed by atoms with Crippen molar-refractivity contribution < 1.29 is 22.4 Å². The van der Waals surface area contributed by atoms with Gasteiger partial charge >= 0.3 is 6.18 Å². The third-order valence-electron chi connectivity index (χ3n) is 3.75. The third kappa shape index (κ3) is 4.50. The Balaban J connectivity index is 1.56. The van der Waals surface area contributed by atoms with Crippen molar-refractivity contribution in [2.75, 3.05) is 0 Å². The number of nitrogens with zero attached hydrogens (tertiary/aromatic N) is 1. The standard InChI is InChI=1S/C19H15F3N2O2/c20-19(21,22)16-3-1-2-13(8-16)9-18(25)24-11-14-4-5-17(23-10-14)15-6-7-26-12-15/h1-8,10,12H,9,11H2,(H,24,25). The first-order valence-corrected chi connectivity index (χ1v) is 7.82. The Morgan fingerprint density at radius 3 is 2.62 bits per heavy atom. The summed E-state index contributed by atoms with van der Waals surface area (Å²) in [5, 5.41) is 2.68. The van der Waals surface area contributed by atoms with E-state index in [4.69, 9.17) is 4.42 Å². The summed E-state index contributed by atoms with van der Waals surface area (Å²) in [5.41, 5.74) is 1.94. The highest BCUT2D eigenvalue weighted by atomic mass is 19.4. The van der Waals surface area contributed by atoms with Crippen LogP contribution in [0.25, 0.3) is 11.3 Å². The van der Waals surface area contributed by atoms with Crippen LogP contribution in [0, 0.1) is 0 Å². The molecule has 134 valence electrons. The Bertz CT molecular complexity index is 873. The number of carbonyl (C=O) groups is 1. The van der Waals surface area contributed by atoms with Crippen LogP contribution in [-0.2, 0) is 23.9 Å². The van der Waals surface area contributed by atoms with E-state index in [-0.39, 0.29) is 18.9 Å². The van der Waals surface area contributed by atoms with Gasteiger partial charge in [-0.3, -0.25) is 9.78 Å². The second-order valence-corrected chi connectivity index (χ2v) is 5.72. The molecule has 26 heavy (non-hydrogen) atoms. The number of nitrogens with one attached hydrogen (secondary N) is 1. The van der Waals surface area contributed by atoms with E-state index in [1.165, 1.54) is 12.1 Å². The summed E-state index contributed by atoms with van der Waals surface area (Å²) in [6.07, 6.45) is 0.226. The number of halogens is 3. The molecule has 4 nitrogen and oxygen atoms in total. The molecular formula is C19H15F3N2O2. The van der Waals surface area contributed by atoms with Crippen LogP contribution in [0.1, 0.15) is 16.7 Å². The van der Waals surface area contributed by atoms with E-state index in [0.717, 1.165) is 29.0 Å². The fraction of sp³-hybridized carbons (Fsp3) is 0.158. The number of pyridine rings is 1. The number of alkyl halides is 3. The lowest BCUT2D eigenvalue weighted by atomic mass is 10.1. The van der Waals surface area contributed by atoms with Gasteiger partial charge in [-0.15, -0.1) is 0 Å². The molecule has 0 bridgehead atoms. The maximum absolute atomic E-state index is 12.7. The van der Waals surface area contributed by atoms with Gasteiger partial charge in [-0.05, 0) is 29.3 Å². The predicted octanol–water partition coefficient (Wildman–Crippen LogP) is 4.22. The zero-order chi connectivity index (χ0) is 18.6. The molecule has 1 amide bonds. The van der Waals surface area contributed by atoms with Crippen LogP contribution < -0.4 is 5.32 Å². The Kier molecular flexibility index (Phi) is 5.06. The maximum atomic E-state index is 12.7. The topological polar surface area (TPSA) is 55.1 Å². The van der Waals surface area contributed by atoms with Crippen molar-refractivity contribution in [1.29, 1.82) is 0 Å². The molecule has 0 aliphatic carbocycles. The Morgan fingerprint density at radius 1 is 1.12 bits per heavy atom. The van der Waals surface area contributed by atoms with Crippen LogP contribution in [0.3, 0.4) is 0 Å². The molecule has 2 aromatic heterocycles. The second-order valence-electron chi connectivity index (χ2n) is 5.72. The van der Waals surface area contributed by atoms with Gasteiger partial charge in [-0.2, -0.15) is 13.2 Å². The number of hydrogen-bond acceptors (Lipinski definition) is 3. The Morgan fingerprint density at radius 2 is 1.96 bits per heavy atom. The maximum Gasteiger partial charge on any atom is 0.416 e. The van der Waals surface area contributed by atoms with E-state index < -0.39 is 11.7 Å². The average molecular weight is 360 g/mol. The van der Waals surface area contributed by atoms with Crippen molar-refractivity contribution in [1.82, 2.24) is 10.3 Å². The lowest BCUT2D eigenvalue weighted by molar-refractivity contribution is -0.137. The summed E-state index contributed by atoms with van der Waals surface area (Å²) in [6, 6.07) is 10.2. The minimum Gasteiger partial charge on any atom is -0.472 e.